The van der Waals surface area contributed by atoms with Gasteiger partial charge in [-0.2, -0.15) is 0 Å². The molecule has 1 heterocycles. The monoisotopic (exact) mass is 308 g/mol. The Morgan fingerprint density at radius 2 is 2.05 bits per heavy atom. The van der Waals surface area contributed by atoms with Crippen molar-refractivity contribution in [3.05, 3.63) is 41.4 Å². The van der Waals surface area contributed by atoms with E-state index in [4.69, 9.17) is 5.11 Å². The normalized spacial score (nSPS) is 10.2. The number of nitrogens with one attached hydrogen (secondary N) is 1. The number of carboxylic acid groups (broad SMARTS) is 1. The molecule has 0 fully saturated rings. The summed E-state index contributed by atoms with van der Waals surface area (Å²) < 4.78 is 0. The maximum atomic E-state index is 11.7. The number of carbonyl (C=O) groups excluding carboxylic acids is 1. The van der Waals surface area contributed by atoms with Crippen LogP contribution >= 0.6 is 23.1 Å². The van der Waals surface area contributed by atoms with Gasteiger partial charge in [0.2, 0.25) is 5.91 Å². The molecule has 1 aromatic heterocycles. The Morgan fingerprint density at radius 1 is 1.30 bits per heavy atom. The molecule has 0 unspecified atom stereocenters. The van der Waals surface area contributed by atoms with E-state index in [2.05, 4.69) is 10.3 Å². The summed E-state index contributed by atoms with van der Waals surface area (Å²) in [4.78, 5) is 27.3. The Morgan fingerprint density at radius 3 is 2.75 bits per heavy atom. The summed E-state index contributed by atoms with van der Waals surface area (Å²) in [6.07, 6.45) is -0.134. The molecule has 0 aliphatic heterocycles. The van der Waals surface area contributed by atoms with E-state index >= 15 is 0 Å². The first-order valence-corrected chi connectivity index (χ1v) is 7.64. The number of thiazole rings is 1. The second-order valence-corrected chi connectivity index (χ2v) is 5.77. The van der Waals surface area contributed by atoms with E-state index in [1.54, 1.807) is 5.38 Å². The molecule has 5 nitrogen and oxygen atoms in total. The lowest BCUT2D eigenvalue weighted by molar-refractivity contribution is -0.136. The standard InChI is InChI=1S/C13H12N2O3S2/c16-11(8-19-10-4-2-1-3-5-10)15-13-14-9(7-20-13)6-12(17)18/h1-5,7H,6,8H2,(H,17,18)(H,14,15,16). The van der Waals surface area contributed by atoms with E-state index in [1.807, 2.05) is 30.3 Å². The Balaban J connectivity index is 1.82. The Hall–Kier alpha value is -1.86. The number of rotatable bonds is 6. The van der Waals surface area contributed by atoms with Crippen LogP contribution in [0.2, 0.25) is 0 Å². The SMILES string of the molecule is O=C(O)Cc1csc(NC(=O)CSc2ccccc2)n1. The first-order chi connectivity index (χ1) is 9.63. The van der Waals surface area contributed by atoms with Crippen LogP contribution in [0.3, 0.4) is 0 Å². The van der Waals surface area contributed by atoms with Crippen LogP contribution in [-0.4, -0.2) is 27.7 Å². The summed E-state index contributed by atoms with van der Waals surface area (Å²) in [7, 11) is 0. The van der Waals surface area contributed by atoms with Gasteiger partial charge in [0, 0.05) is 10.3 Å². The fourth-order valence-corrected chi connectivity index (χ4v) is 2.87. The van der Waals surface area contributed by atoms with Crippen molar-refractivity contribution in [3.8, 4) is 0 Å². The zero-order valence-electron chi connectivity index (χ0n) is 10.4. The number of thioether (sulfide) groups is 1. The van der Waals surface area contributed by atoms with Crippen molar-refractivity contribution in [2.24, 2.45) is 0 Å². The Labute approximate surface area is 124 Å². The van der Waals surface area contributed by atoms with Crippen molar-refractivity contribution < 1.29 is 14.7 Å². The molecule has 104 valence electrons. The topological polar surface area (TPSA) is 79.3 Å². The minimum Gasteiger partial charge on any atom is -0.481 e. The molecule has 0 saturated heterocycles. The van der Waals surface area contributed by atoms with E-state index in [0.717, 1.165) is 4.90 Å². The number of benzene rings is 1. The van der Waals surface area contributed by atoms with Gasteiger partial charge in [-0.15, -0.1) is 23.1 Å². The van der Waals surface area contributed by atoms with Gasteiger partial charge in [-0.3, -0.25) is 9.59 Å². The highest BCUT2D eigenvalue weighted by Gasteiger charge is 2.09. The molecule has 7 heteroatoms. The number of hydrogen-bond acceptors (Lipinski definition) is 5. The van der Waals surface area contributed by atoms with Gasteiger partial charge in [0.15, 0.2) is 5.13 Å². The Kier molecular flexibility index (Phi) is 5.14. The average Bonchev–Trinajstić information content (AvgIpc) is 2.84. The number of aliphatic carboxylic acids is 1. The second kappa shape index (κ2) is 7.06. The van der Waals surface area contributed by atoms with E-state index in [0.29, 0.717) is 10.8 Å². The molecular formula is C13H12N2O3S2. The predicted octanol–water partition coefficient (Wildman–Crippen LogP) is 2.50. The lowest BCUT2D eigenvalue weighted by Gasteiger charge is -2.01. The molecule has 0 saturated carbocycles. The largest absolute Gasteiger partial charge is 0.481 e. The van der Waals surface area contributed by atoms with Crippen molar-refractivity contribution in [2.45, 2.75) is 11.3 Å². The summed E-state index contributed by atoms with van der Waals surface area (Å²) >= 11 is 2.66. The molecule has 20 heavy (non-hydrogen) atoms. The lowest BCUT2D eigenvalue weighted by Crippen LogP contribution is -2.14. The molecule has 2 aromatic rings. The highest BCUT2D eigenvalue weighted by Crippen LogP contribution is 2.19. The quantitative estimate of drug-likeness (QED) is 0.802. The van der Waals surface area contributed by atoms with Gasteiger partial charge >= 0.3 is 5.97 Å². The van der Waals surface area contributed by atoms with Crippen molar-refractivity contribution in [2.75, 3.05) is 11.1 Å². The number of aromatic nitrogens is 1. The van der Waals surface area contributed by atoms with E-state index in [1.165, 1.54) is 23.1 Å². The number of amides is 1. The molecule has 0 atom stereocenters. The average molecular weight is 308 g/mol. The van der Waals surface area contributed by atoms with E-state index in [-0.39, 0.29) is 18.1 Å². The molecule has 2 rings (SSSR count). The van der Waals surface area contributed by atoms with Crippen LogP contribution in [0.5, 0.6) is 0 Å². The number of nitrogens with zero attached hydrogens (tertiary/aromatic N) is 1. The maximum absolute atomic E-state index is 11.7. The molecule has 1 aromatic carbocycles. The molecular weight excluding hydrogens is 296 g/mol. The Bertz CT molecular complexity index is 599. The fraction of sp³-hybridized carbons (Fsp3) is 0.154. The van der Waals surface area contributed by atoms with Crippen molar-refractivity contribution in [1.82, 2.24) is 4.98 Å². The van der Waals surface area contributed by atoms with Gasteiger partial charge in [0.05, 0.1) is 17.9 Å². The van der Waals surface area contributed by atoms with Crippen LogP contribution < -0.4 is 5.32 Å². The van der Waals surface area contributed by atoms with Gasteiger partial charge < -0.3 is 10.4 Å². The highest BCUT2D eigenvalue weighted by molar-refractivity contribution is 8.00. The van der Waals surface area contributed by atoms with Gasteiger partial charge in [-0.1, -0.05) is 18.2 Å². The molecule has 0 radical (unpaired) electrons. The zero-order chi connectivity index (χ0) is 14.4. The molecule has 0 aliphatic carbocycles. The molecule has 2 N–H and O–H groups in total. The lowest BCUT2D eigenvalue weighted by atomic mass is 10.3. The third-order valence-electron chi connectivity index (χ3n) is 2.24. The van der Waals surface area contributed by atoms with Gasteiger partial charge in [-0.25, -0.2) is 4.98 Å². The van der Waals surface area contributed by atoms with Crippen LogP contribution in [0.15, 0.2) is 40.6 Å². The van der Waals surface area contributed by atoms with Crippen molar-refractivity contribution >= 4 is 40.1 Å². The summed E-state index contributed by atoms with van der Waals surface area (Å²) in [5, 5.41) is 13.4. The number of carboxylic acids is 1. The molecule has 0 aliphatic rings. The maximum Gasteiger partial charge on any atom is 0.309 e. The smallest absolute Gasteiger partial charge is 0.309 e. The first-order valence-electron chi connectivity index (χ1n) is 5.77. The molecule has 1 amide bonds. The van der Waals surface area contributed by atoms with Crippen LogP contribution in [0.1, 0.15) is 5.69 Å². The first kappa shape index (κ1) is 14.5. The van der Waals surface area contributed by atoms with Gasteiger partial charge in [0.25, 0.3) is 0 Å². The highest BCUT2D eigenvalue weighted by atomic mass is 32.2. The number of hydrogen-bond donors (Lipinski definition) is 2. The zero-order valence-corrected chi connectivity index (χ0v) is 12.0. The van der Waals surface area contributed by atoms with Crippen LogP contribution in [0.4, 0.5) is 5.13 Å². The van der Waals surface area contributed by atoms with Crippen LogP contribution in [0, 0.1) is 0 Å². The fourth-order valence-electron chi connectivity index (χ4n) is 1.42. The number of anilines is 1. The van der Waals surface area contributed by atoms with Crippen molar-refractivity contribution in [3.63, 3.8) is 0 Å². The van der Waals surface area contributed by atoms with Crippen LogP contribution in [-0.2, 0) is 16.0 Å². The van der Waals surface area contributed by atoms with Gasteiger partial charge in [-0.05, 0) is 12.1 Å². The van der Waals surface area contributed by atoms with Crippen LogP contribution in [0.25, 0.3) is 0 Å². The predicted molar refractivity (Wildman–Crippen MR) is 79.2 cm³/mol. The summed E-state index contributed by atoms with van der Waals surface area (Å²) in [5.41, 5.74) is 0.452. The van der Waals surface area contributed by atoms with Crippen molar-refractivity contribution in [1.29, 1.82) is 0 Å². The number of carbonyl (C=O) groups is 2. The summed E-state index contributed by atoms with van der Waals surface area (Å²) in [5.74, 6) is -0.805. The summed E-state index contributed by atoms with van der Waals surface area (Å²) in [6.45, 7) is 0. The third kappa shape index (κ3) is 4.67. The second-order valence-electron chi connectivity index (χ2n) is 3.86. The molecule has 0 spiro atoms. The minimum atomic E-state index is -0.937. The minimum absolute atomic E-state index is 0.134. The molecule has 0 bridgehead atoms. The van der Waals surface area contributed by atoms with E-state index in [9.17, 15) is 9.59 Å². The summed E-state index contributed by atoms with van der Waals surface area (Å²) in [6, 6.07) is 9.63. The third-order valence-corrected chi connectivity index (χ3v) is 4.06. The van der Waals surface area contributed by atoms with E-state index < -0.39 is 5.97 Å². The van der Waals surface area contributed by atoms with Gasteiger partial charge in [0.1, 0.15) is 0 Å².